The van der Waals surface area contributed by atoms with Crippen LogP contribution in [-0.4, -0.2) is 19.7 Å². The molecule has 0 atom stereocenters. The van der Waals surface area contributed by atoms with Gasteiger partial charge in [-0.15, -0.1) is 0 Å². The topological polar surface area (TPSA) is 46.5 Å². The Morgan fingerprint density at radius 1 is 1.27 bits per heavy atom. The maximum atomic E-state index is 4.50. The largest absolute Gasteiger partial charge is 0.322 e. The Labute approximate surface area is 86.6 Å². The van der Waals surface area contributed by atoms with Crippen LogP contribution in [0, 0.1) is 6.92 Å². The smallest absolute Gasteiger partial charge is 0.229 e. The van der Waals surface area contributed by atoms with Gasteiger partial charge in [0.1, 0.15) is 0 Å². The quantitative estimate of drug-likeness (QED) is 0.650. The molecule has 2 heterocycles. The first-order valence-corrected chi connectivity index (χ1v) is 4.80. The number of fused-ring (bicyclic) bond motifs is 1. The van der Waals surface area contributed by atoms with Gasteiger partial charge in [0.25, 0.3) is 0 Å². The molecule has 15 heavy (non-hydrogen) atoms. The zero-order valence-electron chi connectivity index (χ0n) is 8.31. The van der Waals surface area contributed by atoms with E-state index in [0.717, 1.165) is 17.0 Å². The van der Waals surface area contributed by atoms with Crippen molar-refractivity contribution < 1.29 is 0 Å². The highest BCUT2D eigenvalue weighted by molar-refractivity contribution is 5.79. The lowest BCUT2D eigenvalue weighted by molar-refractivity contribution is 0.829. The molecule has 0 aliphatic carbocycles. The second kappa shape index (κ2) is 2.95. The molecule has 3 aromatic rings. The number of para-hydroxylation sites is 1. The van der Waals surface area contributed by atoms with Gasteiger partial charge in [-0.3, -0.25) is 0 Å². The van der Waals surface area contributed by atoms with E-state index in [2.05, 4.69) is 28.1 Å². The van der Waals surface area contributed by atoms with Crippen molar-refractivity contribution >= 4 is 11.0 Å². The van der Waals surface area contributed by atoms with E-state index in [-0.39, 0.29) is 0 Å². The summed E-state index contributed by atoms with van der Waals surface area (Å²) in [5.74, 6) is 0.754. The Morgan fingerprint density at radius 3 is 2.93 bits per heavy atom. The van der Waals surface area contributed by atoms with Crippen LogP contribution in [0.4, 0.5) is 0 Å². The van der Waals surface area contributed by atoms with Crippen LogP contribution in [0.5, 0.6) is 0 Å². The molecule has 74 valence electrons. The van der Waals surface area contributed by atoms with Crippen molar-refractivity contribution in [3.05, 3.63) is 42.2 Å². The number of aromatic amines is 1. The van der Waals surface area contributed by atoms with Gasteiger partial charge in [0.2, 0.25) is 5.95 Å². The fraction of sp³-hybridized carbons (Fsp3) is 0.0909. The molecule has 0 spiro atoms. The zero-order valence-corrected chi connectivity index (χ0v) is 8.31. The second-order valence-electron chi connectivity index (χ2n) is 3.48. The number of imidazole rings is 1. The van der Waals surface area contributed by atoms with Crippen LogP contribution in [0.15, 0.2) is 36.7 Å². The van der Waals surface area contributed by atoms with Crippen LogP contribution < -0.4 is 0 Å². The average Bonchev–Trinajstić information content (AvgIpc) is 2.86. The molecule has 1 N–H and O–H groups in total. The highest BCUT2D eigenvalue weighted by atomic mass is 15.3. The van der Waals surface area contributed by atoms with E-state index in [9.17, 15) is 0 Å². The first-order valence-electron chi connectivity index (χ1n) is 4.80. The summed E-state index contributed by atoms with van der Waals surface area (Å²) >= 11 is 0. The van der Waals surface area contributed by atoms with Crippen LogP contribution in [0.25, 0.3) is 17.0 Å². The van der Waals surface area contributed by atoms with Gasteiger partial charge in [-0.05, 0) is 24.6 Å². The molecule has 0 aliphatic heterocycles. The lowest BCUT2D eigenvalue weighted by Gasteiger charge is -1.91. The minimum atomic E-state index is 0.754. The third-order valence-corrected chi connectivity index (χ3v) is 2.42. The molecular formula is C11H10N4. The molecule has 2 aromatic heterocycles. The maximum absolute atomic E-state index is 4.50. The number of nitrogens with one attached hydrogen (secondary N) is 1. The van der Waals surface area contributed by atoms with E-state index < -0.39 is 0 Å². The Balaban J connectivity index is 2.27. The highest BCUT2D eigenvalue weighted by Gasteiger charge is 2.05. The van der Waals surface area contributed by atoms with E-state index in [1.165, 1.54) is 5.56 Å². The average molecular weight is 198 g/mol. The number of aryl methyl sites for hydroxylation is 1. The van der Waals surface area contributed by atoms with Crippen LogP contribution in [0.2, 0.25) is 0 Å². The minimum Gasteiger partial charge on any atom is -0.322 e. The fourth-order valence-electron chi connectivity index (χ4n) is 1.67. The van der Waals surface area contributed by atoms with Crippen LogP contribution in [-0.2, 0) is 0 Å². The second-order valence-corrected chi connectivity index (χ2v) is 3.48. The van der Waals surface area contributed by atoms with E-state index in [4.69, 9.17) is 0 Å². The van der Waals surface area contributed by atoms with E-state index >= 15 is 0 Å². The number of rotatable bonds is 1. The predicted octanol–water partition coefficient (Wildman–Crippen LogP) is 2.06. The molecule has 0 aliphatic rings. The number of aromatic nitrogens is 4. The molecule has 0 unspecified atom stereocenters. The first kappa shape index (κ1) is 8.23. The van der Waals surface area contributed by atoms with Crippen molar-refractivity contribution in [2.45, 2.75) is 6.92 Å². The van der Waals surface area contributed by atoms with Gasteiger partial charge in [0, 0.05) is 12.4 Å². The minimum absolute atomic E-state index is 0.754. The van der Waals surface area contributed by atoms with Gasteiger partial charge >= 0.3 is 0 Å². The predicted molar refractivity (Wildman–Crippen MR) is 58.0 cm³/mol. The van der Waals surface area contributed by atoms with E-state index in [0.29, 0.717) is 0 Å². The number of benzene rings is 1. The zero-order chi connectivity index (χ0) is 10.3. The summed E-state index contributed by atoms with van der Waals surface area (Å²) in [5, 5.41) is 4.13. The van der Waals surface area contributed by atoms with Crippen LogP contribution in [0.1, 0.15) is 5.56 Å². The SMILES string of the molecule is Cc1cccc2[nH]c(-n3cccn3)nc12. The summed E-state index contributed by atoms with van der Waals surface area (Å²) in [6, 6.07) is 7.96. The van der Waals surface area contributed by atoms with Crippen molar-refractivity contribution in [2.24, 2.45) is 0 Å². The summed E-state index contributed by atoms with van der Waals surface area (Å²) in [6.45, 7) is 2.05. The summed E-state index contributed by atoms with van der Waals surface area (Å²) in [4.78, 5) is 7.73. The van der Waals surface area contributed by atoms with Gasteiger partial charge < -0.3 is 4.98 Å². The molecule has 0 bridgehead atoms. The molecule has 4 nitrogen and oxygen atoms in total. The Morgan fingerprint density at radius 2 is 2.20 bits per heavy atom. The molecular weight excluding hydrogens is 188 g/mol. The Hall–Kier alpha value is -2.10. The van der Waals surface area contributed by atoms with Gasteiger partial charge in [0.15, 0.2) is 0 Å². The highest BCUT2D eigenvalue weighted by Crippen LogP contribution is 2.16. The maximum Gasteiger partial charge on any atom is 0.229 e. The van der Waals surface area contributed by atoms with Gasteiger partial charge in [-0.2, -0.15) is 5.10 Å². The lowest BCUT2D eigenvalue weighted by Crippen LogP contribution is -1.95. The third-order valence-electron chi connectivity index (χ3n) is 2.42. The summed E-state index contributed by atoms with van der Waals surface area (Å²) in [5.41, 5.74) is 3.21. The number of H-pyrrole nitrogens is 1. The Bertz CT molecular complexity index is 592. The van der Waals surface area contributed by atoms with E-state index in [1.807, 2.05) is 24.4 Å². The molecule has 0 fully saturated rings. The molecule has 0 saturated carbocycles. The summed E-state index contributed by atoms with van der Waals surface area (Å²) in [6.07, 6.45) is 3.60. The molecule has 0 saturated heterocycles. The van der Waals surface area contributed by atoms with Gasteiger partial charge in [-0.1, -0.05) is 12.1 Å². The van der Waals surface area contributed by atoms with Crippen molar-refractivity contribution in [2.75, 3.05) is 0 Å². The molecule has 3 rings (SSSR count). The first-order chi connectivity index (χ1) is 7.34. The molecule has 0 radical (unpaired) electrons. The van der Waals surface area contributed by atoms with Crippen LogP contribution in [0.3, 0.4) is 0 Å². The molecule has 0 amide bonds. The van der Waals surface area contributed by atoms with E-state index in [1.54, 1.807) is 10.9 Å². The van der Waals surface area contributed by atoms with Gasteiger partial charge in [0.05, 0.1) is 11.0 Å². The van der Waals surface area contributed by atoms with Crippen LogP contribution >= 0.6 is 0 Å². The summed E-state index contributed by atoms with van der Waals surface area (Å²) < 4.78 is 1.72. The summed E-state index contributed by atoms with van der Waals surface area (Å²) in [7, 11) is 0. The number of hydrogen-bond acceptors (Lipinski definition) is 2. The van der Waals surface area contributed by atoms with Gasteiger partial charge in [-0.25, -0.2) is 9.67 Å². The number of nitrogens with zero attached hydrogens (tertiary/aromatic N) is 3. The third kappa shape index (κ3) is 1.22. The number of hydrogen-bond donors (Lipinski definition) is 1. The molecule has 1 aromatic carbocycles. The molecule has 4 heteroatoms. The Kier molecular flexibility index (Phi) is 1.62. The standard InChI is InChI=1S/C11H10N4/c1-8-4-2-5-9-10(8)14-11(13-9)15-7-3-6-12-15/h2-7H,1H3,(H,13,14). The monoisotopic (exact) mass is 198 g/mol. The van der Waals surface area contributed by atoms with Crippen molar-refractivity contribution in [1.82, 2.24) is 19.7 Å². The lowest BCUT2D eigenvalue weighted by atomic mass is 10.2. The van der Waals surface area contributed by atoms with Crippen molar-refractivity contribution in [1.29, 1.82) is 0 Å². The normalized spacial score (nSPS) is 11.0. The van der Waals surface area contributed by atoms with Crippen molar-refractivity contribution in [3.63, 3.8) is 0 Å². The fourth-order valence-corrected chi connectivity index (χ4v) is 1.67. The van der Waals surface area contributed by atoms with Crippen molar-refractivity contribution in [3.8, 4) is 5.95 Å².